The minimum Gasteiger partial charge on any atom is -0.496 e. The molecule has 1 amide bonds. The minimum absolute atomic E-state index is 0.0204. The van der Waals surface area contributed by atoms with Crippen molar-refractivity contribution in [2.75, 3.05) is 13.7 Å². The van der Waals surface area contributed by atoms with Crippen molar-refractivity contribution in [3.05, 3.63) is 29.3 Å². The SMILES string of the molecule is COc1cc(C(=O)N(CC(N)=S)C2CCCC2)ccc1C. The lowest BCUT2D eigenvalue weighted by atomic mass is 10.1. The summed E-state index contributed by atoms with van der Waals surface area (Å²) in [4.78, 5) is 15.0. The number of aryl methyl sites for hydroxylation is 1. The molecule has 0 radical (unpaired) electrons. The van der Waals surface area contributed by atoms with Crippen LogP contribution < -0.4 is 10.5 Å². The summed E-state index contributed by atoms with van der Waals surface area (Å²) in [6.07, 6.45) is 4.36. The molecule has 1 aromatic rings. The fourth-order valence-electron chi connectivity index (χ4n) is 2.87. The van der Waals surface area contributed by atoms with E-state index in [0.717, 1.165) is 37.0 Å². The van der Waals surface area contributed by atoms with Crippen molar-refractivity contribution < 1.29 is 9.53 Å². The molecule has 0 aromatic heterocycles. The Hall–Kier alpha value is -1.62. The summed E-state index contributed by atoms with van der Waals surface area (Å²) in [5.41, 5.74) is 7.31. The van der Waals surface area contributed by atoms with Crippen LogP contribution in [0.15, 0.2) is 18.2 Å². The zero-order valence-electron chi connectivity index (χ0n) is 12.6. The molecular formula is C16H22N2O2S. The van der Waals surface area contributed by atoms with E-state index < -0.39 is 0 Å². The number of thiocarbonyl (C=S) groups is 1. The maximum absolute atomic E-state index is 12.8. The van der Waals surface area contributed by atoms with E-state index in [0.29, 0.717) is 17.1 Å². The Kier molecular flexibility index (Phi) is 5.17. The highest BCUT2D eigenvalue weighted by Gasteiger charge is 2.28. The van der Waals surface area contributed by atoms with Crippen LogP contribution in [0.2, 0.25) is 0 Å². The average molecular weight is 306 g/mol. The molecular weight excluding hydrogens is 284 g/mol. The Balaban J connectivity index is 2.26. The van der Waals surface area contributed by atoms with Gasteiger partial charge in [0, 0.05) is 11.6 Å². The number of methoxy groups -OCH3 is 1. The third-order valence-corrected chi connectivity index (χ3v) is 4.14. The molecule has 0 heterocycles. The summed E-state index contributed by atoms with van der Waals surface area (Å²) in [5.74, 6) is 0.704. The molecule has 0 unspecified atom stereocenters. The first-order valence-electron chi connectivity index (χ1n) is 7.27. The van der Waals surface area contributed by atoms with Gasteiger partial charge in [-0.2, -0.15) is 0 Å². The van der Waals surface area contributed by atoms with Crippen molar-refractivity contribution in [3.8, 4) is 5.75 Å². The molecule has 0 spiro atoms. The van der Waals surface area contributed by atoms with E-state index in [-0.39, 0.29) is 11.9 Å². The summed E-state index contributed by atoms with van der Waals surface area (Å²) in [5, 5.41) is 0. The van der Waals surface area contributed by atoms with Crippen molar-refractivity contribution in [3.63, 3.8) is 0 Å². The van der Waals surface area contributed by atoms with Gasteiger partial charge in [0.15, 0.2) is 0 Å². The molecule has 0 atom stereocenters. The van der Waals surface area contributed by atoms with Crippen LogP contribution in [0.25, 0.3) is 0 Å². The summed E-state index contributed by atoms with van der Waals surface area (Å²) in [6, 6.07) is 5.77. The zero-order chi connectivity index (χ0) is 15.4. The number of rotatable bonds is 5. The average Bonchev–Trinajstić information content (AvgIpc) is 2.98. The van der Waals surface area contributed by atoms with E-state index >= 15 is 0 Å². The quantitative estimate of drug-likeness (QED) is 0.850. The number of hydrogen-bond donors (Lipinski definition) is 1. The zero-order valence-corrected chi connectivity index (χ0v) is 13.4. The maximum atomic E-state index is 12.8. The van der Waals surface area contributed by atoms with Crippen LogP contribution in [0.4, 0.5) is 0 Å². The van der Waals surface area contributed by atoms with Crippen LogP contribution in [-0.4, -0.2) is 35.5 Å². The second-order valence-electron chi connectivity index (χ2n) is 5.52. The number of benzene rings is 1. The number of ether oxygens (including phenoxy) is 1. The lowest BCUT2D eigenvalue weighted by molar-refractivity contribution is 0.0714. The summed E-state index contributed by atoms with van der Waals surface area (Å²) in [6.45, 7) is 2.30. The summed E-state index contributed by atoms with van der Waals surface area (Å²) >= 11 is 5.01. The lowest BCUT2D eigenvalue weighted by Crippen LogP contribution is -2.43. The maximum Gasteiger partial charge on any atom is 0.254 e. The fraction of sp³-hybridized carbons (Fsp3) is 0.500. The van der Waals surface area contributed by atoms with Gasteiger partial charge in [-0.15, -0.1) is 0 Å². The molecule has 1 saturated carbocycles. The smallest absolute Gasteiger partial charge is 0.254 e. The molecule has 0 aliphatic heterocycles. The minimum atomic E-state index is -0.0204. The third-order valence-electron chi connectivity index (χ3n) is 4.01. The topological polar surface area (TPSA) is 55.6 Å². The van der Waals surface area contributed by atoms with E-state index in [1.54, 1.807) is 13.2 Å². The van der Waals surface area contributed by atoms with Gasteiger partial charge in [0.2, 0.25) is 0 Å². The Bertz CT molecular complexity index is 539. The molecule has 1 aliphatic rings. The van der Waals surface area contributed by atoms with Gasteiger partial charge in [0.25, 0.3) is 5.91 Å². The monoisotopic (exact) mass is 306 g/mol. The van der Waals surface area contributed by atoms with Gasteiger partial charge < -0.3 is 15.4 Å². The molecule has 114 valence electrons. The second-order valence-corrected chi connectivity index (χ2v) is 6.05. The van der Waals surface area contributed by atoms with E-state index in [9.17, 15) is 4.79 Å². The fourth-order valence-corrected chi connectivity index (χ4v) is 3.01. The number of hydrogen-bond acceptors (Lipinski definition) is 3. The van der Waals surface area contributed by atoms with E-state index in [4.69, 9.17) is 22.7 Å². The van der Waals surface area contributed by atoms with Crippen LogP contribution >= 0.6 is 12.2 Å². The van der Waals surface area contributed by atoms with Crippen molar-refractivity contribution in [2.24, 2.45) is 5.73 Å². The van der Waals surface area contributed by atoms with Crippen molar-refractivity contribution >= 4 is 23.1 Å². The number of nitrogens with two attached hydrogens (primary N) is 1. The van der Waals surface area contributed by atoms with Gasteiger partial charge in [0.1, 0.15) is 5.75 Å². The highest BCUT2D eigenvalue weighted by molar-refractivity contribution is 7.80. The first-order chi connectivity index (χ1) is 10.0. The number of carbonyl (C=O) groups is 1. The summed E-state index contributed by atoms with van der Waals surface area (Å²) in [7, 11) is 1.61. The van der Waals surface area contributed by atoms with E-state index in [1.807, 2.05) is 24.0 Å². The highest BCUT2D eigenvalue weighted by atomic mass is 32.1. The first-order valence-corrected chi connectivity index (χ1v) is 7.67. The summed E-state index contributed by atoms with van der Waals surface area (Å²) < 4.78 is 5.30. The molecule has 1 fully saturated rings. The molecule has 2 N–H and O–H groups in total. The third kappa shape index (κ3) is 3.73. The van der Waals surface area contributed by atoms with Gasteiger partial charge in [-0.25, -0.2) is 0 Å². The molecule has 0 saturated heterocycles. The van der Waals surface area contributed by atoms with Crippen molar-refractivity contribution in [1.82, 2.24) is 4.90 Å². The standard InChI is InChI=1S/C16H22N2O2S/c1-11-7-8-12(9-14(11)20-2)16(19)18(10-15(17)21)13-5-3-4-6-13/h7-9,13H,3-6,10H2,1-2H3,(H2,17,21). The highest BCUT2D eigenvalue weighted by Crippen LogP contribution is 2.26. The molecule has 0 bridgehead atoms. The van der Waals surface area contributed by atoms with E-state index in [2.05, 4.69) is 0 Å². The largest absolute Gasteiger partial charge is 0.496 e. The Morgan fingerprint density at radius 1 is 1.43 bits per heavy atom. The molecule has 21 heavy (non-hydrogen) atoms. The van der Waals surface area contributed by atoms with Crippen LogP contribution in [0.1, 0.15) is 41.6 Å². The Labute approximate surface area is 131 Å². The van der Waals surface area contributed by atoms with Crippen LogP contribution in [0.5, 0.6) is 5.75 Å². The molecule has 2 rings (SSSR count). The van der Waals surface area contributed by atoms with Gasteiger partial charge in [-0.3, -0.25) is 4.79 Å². The predicted molar refractivity (Wildman–Crippen MR) is 87.8 cm³/mol. The lowest BCUT2D eigenvalue weighted by Gasteiger charge is -2.28. The molecule has 5 heteroatoms. The van der Waals surface area contributed by atoms with E-state index in [1.165, 1.54) is 0 Å². The van der Waals surface area contributed by atoms with Gasteiger partial charge >= 0.3 is 0 Å². The first kappa shape index (κ1) is 15.8. The Morgan fingerprint density at radius 3 is 2.67 bits per heavy atom. The van der Waals surface area contributed by atoms with Gasteiger partial charge in [-0.05, 0) is 37.5 Å². The predicted octanol–water partition coefficient (Wildman–Crippen LogP) is 2.67. The van der Waals surface area contributed by atoms with Crippen molar-refractivity contribution in [2.45, 2.75) is 38.6 Å². The molecule has 1 aliphatic carbocycles. The molecule has 4 nitrogen and oxygen atoms in total. The van der Waals surface area contributed by atoms with Crippen LogP contribution in [0, 0.1) is 6.92 Å². The van der Waals surface area contributed by atoms with Gasteiger partial charge in [-0.1, -0.05) is 31.1 Å². The van der Waals surface area contributed by atoms with Crippen LogP contribution in [0.3, 0.4) is 0 Å². The number of amides is 1. The van der Waals surface area contributed by atoms with Gasteiger partial charge in [0.05, 0.1) is 18.6 Å². The number of carbonyl (C=O) groups excluding carboxylic acids is 1. The van der Waals surface area contributed by atoms with Crippen LogP contribution in [-0.2, 0) is 0 Å². The molecule has 1 aromatic carbocycles. The van der Waals surface area contributed by atoms with Crippen molar-refractivity contribution in [1.29, 1.82) is 0 Å². The number of nitrogens with zero attached hydrogens (tertiary/aromatic N) is 1. The Morgan fingerprint density at radius 2 is 2.10 bits per heavy atom. The second kappa shape index (κ2) is 6.89. The normalized spacial score (nSPS) is 15.0.